The monoisotopic (exact) mass is 251 g/mol. The van der Waals surface area contributed by atoms with Crippen LogP contribution in [0.15, 0.2) is 12.1 Å². The normalized spacial score (nSPS) is 20.3. The minimum absolute atomic E-state index is 0.112. The first-order chi connectivity index (χ1) is 8.09. The second-order valence-electron chi connectivity index (χ2n) is 4.82. The third-order valence-corrected chi connectivity index (χ3v) is 3.85. The number of rotatable bonds is 2. The molecule has 1 N–H and O–H groups in total. The summed E-state index contributed by atoms with van der Waals surface area (Å²) in [5.41, 5.74) is 2.85. The Morgan fingerprint density at radius 1 is 1.35 bits per heavy atom. The third-order valence-electron chi connectivity index (χ3n) is 3.44. The van der Waals surface area contributed by atoms with Crippen molar-refractivity contribution < 1.29 is 4.79 Å². The van der Waals surface area contributed by atoms with Gasteiger partial charge >= 0.3 is 0 Å². The molecule has 1 aromatic carbocycles. The number of halogens is 1. The fourth-order valence-corrected chi connectivity index (χ4v) is 2.55. The van der Waals surface area contributed by atoms with E-state index in [-0.39, 0.29) is 11.7 Å². The molecule has 2 nitrogen and oxygen atoms in total. The van der Waals surface area contributed by atoms with Gasteiger partial charge < -0.3 is 5.32 Å². The van der Waals surface area contributed by atoms with Gasteiger partial charge in [0.15, 0.2) is 5.78 Å². The van der Waals surface area contributed by atoms with Gasteiger partial charge in [-0.1, -0.05) is 17.7 Å². The van der Waals surface area contributed by atoms with Crippen molar-refractivity contribution in [3.63, 3.8) is 0 Å². The molecule has 0 bridgehead atoms. The first-order valence-electron chi connectivity index (χ1n) is 6.11. The highest BCUT2D eigenvalue weighted by Gasteiger charge is 2.23. The maximum atomic E-state index is 12.4. The minimum atomic E-state index is 0.112. The van der Waals surface area contributed by atoms with Gasteiger partial charge in [0.05, 0.1) is 0 Å². The van der Waals surface area contributed by atoms with Crippen LogP contribution in [0.3, 0.4) is 0 Å². The number of benzene rings is 1. The summed E-state index contributed by atoms with van der Waals surface area (Å²) in [5, 5.41) is 3.96. The molecule has 3 heteroatoms. The Bertz CT molecular complexity index is 436. The summed E-state index contributed by atoms with van der Waals surface area (Å²) in [4.78, 5) is 12.4. The van der Waals surface area contributed by atoms with E-state index in [0.29, 0.717) is 5.02 Å². The number of Topliss-reactive ketones (excluding diaryl/α,β-unsaturated/α-hetero) is 1. The molecule has 1 fully saturated rings. The van der Waals surface area contributed by atoms with E-state index < -0.39 is 0 Å². The van der Waals surface area contributed by atoms with Crippen LogP contribution in [-0.4, -0.2) is 18.9 Å². The van der Waals surface area contributed by atoms with Gasteiger partial charge in [-0.3, -0.25) is 4.79 Å². The summed E-state index contributed by atoms with van der Waals surface area (Å²) >= 11 is 6.10. The van der Waals surface area contributed by atoms with Gasteiger partial charge in [-0.2, -0.15) is 0 Å². The van der Waals surface area contributed by atoms with E-state index in [4.69, 9.17) is 11.6 Å². The smallest absolute Gasteiger partial charge is 0.167 e. The predicted octanol–water partition coefficient (Wildman–Crippen LogP) is 3.14. The molecule has 1 unspecified atom stereocenters. The van der Waals surface area contributed by atoms with Crippen LogP contribution >= 0.6 is 11.6 Å². The molecule has 17 heavy (non-hydrogen) atoms. The third kappa shape index (κ3) is 2.70. The Hall–Kier alpha value is -0.860. The summed E-state index contributed by atoms with van der Waals surface area (Å²) in [5.74, 6) is 0.345. The van der Waals surface area contributed by atoms with E-state index in [0.717, 1.165) is 42.6 Å². The van der Waals surface area contributed by atoms with Gasteiger partial charge in [0.2, 0.25) is 0 Å². The SMILES string of the molecule is Cc1cc(C)c(C(=O)C2CCCNC2)cc1Cl. The lowest BCUT2D eigenvalue weighted by Crippen LogP contribution is -2.34. The van der Waals surface area contributed by atoms with Crippen LogP contribution in [0.4, 0.5) is 0 Å². The van der Waals surface area contributed by atoms with Crippen molar-refractivity contribution in [1.82, 2.24) is 5.32 Å². The zero-order valence-electron chi connectivity index (χ0n) is 10.3. The molecule has 1 aliphatic rings. The van der Waals surface area contributed by atoms with Gasteiger partial charge in [-0.25, -0.2) is 0 Å². The Balaban J connectivity index is 2.26. The lowest BCUT2D eigenvalue weighted by Gasteiger charge is -2.22. The van der Waals surface area contributed by atoms with Crippen LogP contribution in [0.25, 0.3) is 0 Å². The fourth-order valence-electron chi connectivity index (χ4n) is 2.39. The summed E-state index contributed by atoms with van der Waals surface area (Å²) in [7, 11) is 0. The van der Waals surface area contributed by atoms with Crippen LogP contribution < -0.4 is 5.32 Å². The maximum Gasteiger partial charge on any atom is 0.167 e. The van der Waals surface area contributed by atoms with Crippen LogP contribution in [0, 0.1) is 19.8 Å². The molecule has 1 atom stereocenters. The molecule has 0 spiro atoms. The van der Waals surface area contributed by atoms with Crippen molar-refractivity contribution in [2.45, 2.75) is 26.7 Å². The lowest BCUT2D eigenvalue weighted by molar-refractivity contribution is 0.0899. The first kappa shape index (κ1) is 12.6. The predicted molar refractivity (Wildman–Crippen MR) is 70.9 cm³/mol. The second-order valence-corrected chi connectivity index (χ2v) is 5.23. The number of aryl methyl sites for hydroxylation is 2. The maximum absolute atomic E-state index is 12.4. The zero-order valence-corrected chi connectivity index (χ0v) is 11.1. The topological polar surface area (TPSA) is 29.1 Å². The van der Waals surface area contributed by atoms with E-state index in [9.17, 15) is 4.79 Å². The van der Waals surface area contributed by atoms with Crippen molar-refractivity contribution in [3.05, 3.63) is 33.8 Å². The van der Waals surface area contributed by atoms with Gasteiger partial charge in [-0.15, -0.1) is 0 Å². The van der Waals surface area contributed by atoms with E-state index in [1.807, 2.05) is 26.0 Å². The Kier molecular flexibility index (Phi) is 3.85. The molecular weight excluding hydrogens is 234 g/mol. The van der Waals surface area contributed by atoms with E-state index >= 15 is 0 Å². The molecule has 0 aliphatic carbocycles. The number of carbonyl (C=O) groups is 1. The van der Waals surface area contributed by atoms with Crippen LogP contribution in [0.2, 0.25) is 5.02 Å². The molecule has 2 rings (SSSR count). The molecule has 1 heterocycles. The largest absolute Gasteiger partial charge is 0.316 e. The highest BCUT2D eigenvalue weighted by atomic mass is 35.5. The summed E-state index contributed by atoms with van der Waals surface area (Å²) in [6.07, 6.45) is 2.06. The molecule has 1 saturated heterocycles. The van der Waals surface area contributed by atoms with Crippen LogP contribution in [0.5, 0.6) is 0 Å². The second kappa shape index (κ2) is 5.19. The Morgan fingerprint density at radius 2 is 2.12 bits per heavy atom. The first-order valence-corrected chi connectivity index (χ1v) is 6.49. The average molecular weight is 252 g/mol. The van der Waals surface area contributed by atoms with Crippen molar-refractivity contribution in [1.29, 1.82) is 0 Å². The minimum Gasteiger partial charge on any atom is -0.316 e. The van der Waals surface area contributed by atoms with Crippen molar-refractivity contribution >= 4 is 17.4 Å². The Morgan fingerprint density at radius 3 is 2.76 bits per heavy atom. The molecule has 0 amide bonds. The fraction of sp³-hybridized carbons (Fsp3) is 0.500. The molecule has 1 aromatic rings. The van der Waals surface area contributed by atoms with Crippen LogP contribution in [-0.2, 0) is 0 Å². The van der Waals surface area contributed by atoms with Crippen LogP contribution in [0.1, 0.15) is 34.3 Å². The quantitative estimate of drug-likeness (QED) is 0.819. The van der Waals surface area contributed by atoms with Gasteiger partial charge in [-0.05, 0) is 50.4 Å². The molecule has 0 saturated carbocycles. The standard InChI is InChI=1S/C14H18ClNO/c1-9-6-10(2)13(15)7-12(9)14(17)11-4-3-5-16-8-11/h6-7,11,16H,3-5,8H2,1-2H3. The van der Waals surface area contributed by atoms with Gasteiger partial charge in [0.1, 0.15) is 0 Å². The van der Waals surface area contributed by atoms with Crippen molar-refractivity contribution in [3.8, 4) is 0 Å². The summed E-state index contributed by atoms with van der Waals surface area (Å²) in [6.45, 7) is 5.76. The van der Waals surface area contributed by atoms with E-state index in [2.05, 4.69) is 5.32 Å². The highest BCUT2D eigenvalue weighted by Crippen LogP contribution is 2.24. The lowest BCUT2D eigenvalue weighted by atomic mass is 9.88. The van der Waals surface area contributed by atoms with Crippen molar-refractivity contribution in [2.75, 3.05) is 13.1 Å². The summed E-state index contributed by atoms with van der Waals surface area (Å²) in [6, 6.07) is 3.81. The van der Waals surface area contributed by atoms with E-state index in [1.54, 1.807) is 0 Å². The number of hydrogen-bond donors (Lipinski definition) is 1. The highest BCUT2D eigenvalue weighted by molar-refractivity contribution is 6.31. The summed E-state index contributed by atoms with van der Waals surface area (Å²) < 4.78 is 0. The average Bonchev–Trinajstić information content (AvgIpc) is 2.34. The Labute approximate surface area is 107 Å². The molecular formula is C14H18ClNO. The molecule has 0 aromatic heterocycles. The molecule has 92 valence electrons. The number of carbonyl (C=O) groups excluding carboxylic acids is 1. The number of piperidine rings is 1. The van der Waals surface area contributed by atoms with E-state index in [1.165, 1.54) is 0 Å². The van der Waals surface area contributed by atoms with Gasteiger partial charge in [0, 0.05) is 23.0 Å². The number of nitrogens with one attached hydrogen (secondary N) is 1. The molecule has 0 radical (unpaired) electrons. The van der Waals surface area contributed by atoms with Gasteiger partial charge in [0.25, 0.3) is 0 Å². The number of hydrogen-bond acceptors (Lipinski definition) is 2. The zero-order chi connectivity index (χ0) is 12.4. The number of ketones is 1. The van der Waals surface area contributed by atoms with Crippen molar-refractivity contribution in [2.24, 2.45) is 5.92 Å². The molecule has 1 aliphatic heterocycles.